The number of amides is 2. The van der Waals surface area contributed by atoms with Crippen LogP contribution < -0.4 is 16.0 Å². The van der Waals surface area contributed by atoms with Crippen LogP contribution in [0.2, 0.25) is 0 Å². The van der Waals surface area contributed by atoms with Crippen molar-refractivity contribution in [1.82, 2.24) is 10.6 Å². The molecule has 1 saturated heterocycles. The second-order valence-corrected chi connectivity index (χ2v) is 9.79. The molecule has 0 unspecified atom stereocenters. The Labute approximate surface area is 246 Å². The maximum Gasteiger partial charge on any atom is 0.242 e. The number of methoxy groups -OCH3 is 2. The average molecular weight is 576 g/mol. The number of ether oxygens (including phenoxy) is 3. The number of benzene rings is 2. The molecule has 1 aliphatic heterocycles. The van der Waals surface area contributed by atoms with Crippen LogP contribution in [0.4, 0.5) is 10.1 Å². The Morgan fingerprint density at radius 2 is 1.64 bits per heavy atom. The highest BCUT2D eigenvalue weighted by Crippen LogP contribution is 2.26. The molecule has 2 aromatic rings. The van der Waals surface area contributed by atoms with Crippen LogP contribution in [0.15, 0.2) is 108 Å². The van der Waals surface area contributed by atoms with E-state index in [1.165, 1.54) is 38.5 Å². The van der Waals surface area contributed by atoms with Crippen molar-refractivity contribution in [2.45, 2.75) is 27.0 Å². The lowest BCUT2D eigenvalue weighted by Crippen LogP contribution is -2.66. The number of nitrogens with one attached hydrogen (secondary N) is 3. The van der Waals surface area contributed by atoms with Gasteiger partial charge in [-0.15, -0.1) is 0 Å². The summed E-state index contributed by atoms with van der Waals surface area (Å²) in [4.78, 5) is 26.0. The minimum absolute atomic E-state index is 0.222. The Morgan fingerprint density at radius 1 is 1.00 bits per heavy atom. The third kappa shape index (κ3) is 7.98. The van der Waals surface area contributed by atoms with E-state index in [0.29, 0.717) is 35.1 Å². The Kier molecular flexibility index (Phi) is 11.3. The van der Waals surface area contributed by atoms with Gasteiger partial charge >= 0.3 is 0 Å². The Morgan fingerprint density at radius 3 is 2.19 bits per heavy atom. The molecule has 0 aromatic heterocycles. The summed E-state index contributed by atoms with van der Waals surface area (Å²) in [7, 11) is 3.06. The summed E-state index contributed by atoms with van der Waals surface area (Å²) in [6.45, 7) is 12.8. The van der Waals surface area contributed by atoms with Gasteiger partial charge in [0.2, 0.25) is 11.8 Å². The Hall–Kier alpha value is -4.63. The molecule has 2 amide bonds. The molecule has 222 valence electrons. The van der Waals surface area contributed by atoms with Gasteiger partial charge in [0.15, 0.2) is 16.9 Å². The summed E-state index contributed by atoms with van der Waals surface area (Å²) in [5.41, 5.74) is 2.53. The molecule has 1 heterocycles. The van der Waals surface area contributed by atoms with Gasteiger partial charge in [-0.05, 0) is 72.5 Å². The summed E-state index contributed by atoms with van der Waals surface area (Å²) in [5.74, 6) is 0.315. The van der Waals surface area contributed by atoms with Crippen LogP contribution in [-0.2, 0) is 37.0 Å². The van der Waals surface area contributed by atoms with Gasteiger partial charge in [0.1, 0.15) is 18.2 Å². The minimum atomic E-state index is -1.23. The third-order valence-electron chi connectivity index (χ3n) is 6.91. The quantitative estimate of drug-likeness (QED) is 0.161. The van der Waals surface area contributed by atoms with E-state index < -0.39 is 17.1 Å². The van der Waals surface area contributed by atoms with Crippen LogP contribution >= 0.6 is 0 Å². The van der Waals surface area contributed by atoms with E-state index in [-0.39, 0.29) is 25.5 Å². The van der Waals surface area contributed by atoms with E-state index >= 15 is 0 Å². The van der Waals surface area contributed by atoms with Crippen molar-refractivity contribution in [3.05, 3.63) is 125 Å². The molecule has 1 fully saturated rings. The molecule has 1 aliphatic rings. The lowest BCUT2D eigenvalue weighted by atomic mass is 9.79. The van der Waals surface area contributed by atoms with Gasteiger partial charge in [0.25, 0.3) is 0 Å². The highest BCUT2D eigenvalue weighted by molar-refractivity contribution is 6.12. The number of hydrogen-bond acceptors (Lipinski definition) is 6. The molecule has 0 radical (unpaired) electrons. The van der Waals surface area contributed by atoms with Crippen LogP contribution in [0.3, 0.4) is 0 Å². The first-order chi connectivity index (χ1) is 20.1. The Bertz CT molecular complexity index is 1390. The fourth-order valence-electron chi connectivity index (χ4n) is 4.06. The van der Waals surface area contributed by atoms with Crippen molar-refractivity contribution in [2.75, 3.05) is 32.6 Å². The highest BCUT2D eigenvalue weighted by atomic mass is 19.1. The average Bonchev–Trinajstić information content (AvgIpc) is 2.97. The number of halogens is 1. The van der Waals surface area contributed by atoms with Crippen molar-refractivity contribution in [3.8, 4) is 0 Å². The van der Waals surface area contributed by atoms with Gasteiger partial charge in [-0.2, -0.15) is 0 Å². The lowest BCUT2D eigenvalue weighted by Gasteiger charge is -2.39. The standard InChI is InChI=1S/C33H38FN3O5/c1-7-8-29(23(3)22(2)17-30(41-6)24(4)40-5)42-19-26-11-9-25(10-12-26)18-36-31(38)33(20-35-21-33)32(39)37-28-15-13-27(34)14-16-28/h7-17,35H,2,4,18-21H2,1,3,5-6H3,(H,36,38)(H,37,39)/b8-7-,29-23+,30-17+. The summed E-state index contributed by atoms with van der Waals surface area (Å²) in [5, 5.41) is 8.59. The van der Waals surface area contributed by atoms with Crippen molar-refractivity contribution in [1.29, 1.82) is 0 Å². The van der Waals surface area contributed by atoms with E-state index in [2.05, 4.69) is 29.1 Å². The van der Waals surface area contributed by atoms with Crippen LogP contribution in [0.1, 0.15) is 25.0 Å². The number of anilines is 1. The second-order valence-electron chi connectivity index (χ2n) is 9.79. The number of hydrogen-bond donors (Lipinski definition) is 3. The van der Waals surface area contributed by atoms with E-state index in [1.807, 2.05) is 50.3 Å². The fourth-order valence-corrected chi connectivity index (χ4v) is 4.06. The van der Waals surface area contributed by atoms with Crippen LogP contribution in [0.25, 0.3) is 0 Å². The van der Waals surface area contributed by atoms with Crippen LogP contribution in [0, 0.1) is 11.2 Å². The maximum atomic E-state index is 13.2. The maximum absolute atomic E-state index is 13.2. The summed E-state index contributed by atoms with van der Waals surface area (Å²) < 4.78 is 29.8. The van der Waals surface area contributed by atoms with Crippen molar-refractivity contribution in [2.24, 2.45) is 5.41 Å². The molecule has 42 heavy (non-hydrogen) atoms. The van der Waals surface area contributed by atoms with Crippen LogP contribution in [-0.4, -0.2) is 39.1 Å². The highest BCUT2D eigenvalue weighted by Gasteiger charge is 2.51. The number of allylic oxidation sites excluding steroid dienone is 5. The minimum Gasteiger partial charge on any atom is -0.493 e. The van der Waals surface area contributed by atoms with Gasteiger partial charge in [0.05, 0.1) is 14.2 Å². The zero-order valence-electron chi connectivity index (χ0n) is 24.5. The Balaban J connectivity index is 1.59. The van der Waals surface area contributed by atoms with Crippen molar-refractivity contribution >= 4 is 17.5 Å². The van der Waals surface area contributed by atoms with E-state index in [0.717, 1.165) is 16.7 Å². The molecule has 0 bridgehead atoms. The fraction of sp³-hybridized carbons (Fsp3) is 0.273. The molecular formula is C33H38FN3O5. The molecule has 8 nitrogen and oxygen atoms in total. The zero-order valence-corrected chi connectivity index (χ0v) is 24.5. The van der Waals surface area contributed by atoms with Gasteiger partial charge in [0, 0.05) is 25.3 Å². The molecule has 2 aromatic carbocycles. The largest absolute Gasteiger partial charge is 0.493 e. The van der Waals surface area contributed by atoms with Gasteiger partial charge in [-0.3, -0.25) is 9.59 Å². The first-order valence-corrected chi connectivity index (χ1v) is 13.4. The summed E-state index contributed by atoms with van der Waals surface area (Å²) >= 11 is 0. The predicted octanol–water partition coefficient (Wildman–Crippen LogP) is 5.28. The molecule has 3 N–H and O–H groups in total. The SMILES string of the molecule is C=C(OC)/C(=C\C(=C)/C(C)=C(\C=C/C)OCc1ccc(CNC(=O)C2(C(=O)Nc3ccc(F)cc3)CNC2)cc1)OC. The van der Waals surface area contributed by atoms with Crippen LogP contribution in [0.5, 0.6) is 0 Å². The first kappa shape index (κ1) is 31.9. The van der Waals surface area contributed by atoms with E-state index in [4.69, 9.17) is 14.2 Å². The molecule has 3 rings (SSSR count). The molecule has 0 aliphatic carbocycles. The number of carbonyl (C=O) groups is 2. The first-order valence-electron chi connectivity index (χ1n) is 13.4. The predicted molar refractivity (Wildman–Crippen MR) is 161 cm³/mol. The molecule has 9 heteroatoms. The van der Waals surface area contributed by atoms with Gasteiger partial charge in [-0.25, -0.2) is 4.39 Å². The molecular weight excluding hydrogens is 537 g/mol. The molecule has 0 spiro atoms. The number of carbonyl (C=O) groups excluding carboxylic acids is 2. The van der Waals surface area contributed by atoms with Gasteiger partial charge < -0.3 is 30.2 Å². The smallest absolute Gasteiger partial charge is 0.242 e. The molecule has 0 atom stereocenters. The van der Waals surface area contributed by atoms with Crippen molar-refractivity contribution < 1.29 is 28.2 Å². The van der Waals surface area contributed by atoms with E-state index in [9.17, 15) is 14.0 Å². The monoisotopic (exact) mass is 575 g/mol. The summed E-state index contributed by atoms with van der Waals surface area (Å²) in [6.07, 6.45) is 5.50. The van der Waals surface area contributed by atoms with Crippen molar-refractivity contribution in [3.63, 3.8) is 0 Å². The zero-order chi connectivity index (χ0) is 30.7. The van der Waals surface area contributed by atoms with Gasteiger partial charge in [-0.1, -0.05) is 43.5 Å². The second kappa shape index (κ2) is 14.8. The summed E-state index contributed by atoms with van der Waals surface area (Å²) in [6, 6.07) is 13.1. The third-order valence-corrected chi connectivity index (χ3v) is 6.91. The van der Waals surface area contributed by atoms with E-state index in [1.54, 1.807) is 6.08 Å². The number of rotatable bonds is 14. The topological polar surface area (TPSA) is 97.9 Å². The lowest BCUT2D eigenvalue weighted by molar-refractivity contribution is -0.144. The normalized spacial score (nSPS) is 14.7. The molecule has 0 saturated carbocycles.